The van der Waals surface area contributed by atoms with Gasteiger partial charge in [-0.2, -0.15) is 15.0 Å². The normalized spacial score (nSPS) is 10.2. The topological polar surface area (TPSA) is 74.8 Å². The number of benzene rings is 3. The largest absolute Gasteiger partial charge is 0.350 e. The van der Waals surface area contributed by atoms with Crippen molar-refractivity contribution < 1.29 is 13.2 Å². The van der Waals surface area contributed by atoms with Crippen LogP contribution in [0, 0.1) is 17.5 Å². The quantitative estimate of drug-likeness (QED) is 0.324. The van der Waals surface area contributed by atoms with E-state index in [2.05, 4.69) is 30.9 Å². The van der Waals surface area contributed by atoms with E-state index in [4.69, 9.17) is 0 Å². The van der Waals surface area contributed by atoms with Gasteiger partial charge >= 0.3 is 0 Å². The fourth-order valence-corrected chi connectivity index (χ4v) is 2.67. The first-order valence-electron chi connectivity index (χ1n) is 9.33. The number of hydrogen-bond acceptors (Lipinski definition) is 6. The summed E-state index contributed by atoms with van der Waals surface area (Å²) in [5.74, 6) is -0.349. The van der Waals surface area contributed by atoms with E-state index in [0.717, 1.165) is 5.56 Å². The van der Waals surface area contributed by atoms with Gasteiger partial charge in [0.1, 0.15) is 17.5 Å². The summed E-state index contributed by atoms with van der Waals surface area (Å²) in [5.41, 5.74) is 2.01. The molecule has 0 saturated heterocycles. The third-order valence-corrected chi connectivity index (χ3v) is 4.20. The van der Waals surface area contributed by atoms with Crippen molar-refractivity contribution in [2.45, 2.75) is 6.54 Å². The summed E-state index contributed by atoms with van der Waals surface area (Å²) in [4.78, 5) is 13.0. The molecule has 32 heavy (non-hydrogen) atoms. The predicted octanol–water partition coefficient (Wildman–Crippen LogP) is 5.81. The lowest BCUT2D eigenvalue weighted by atomic mass is 10.2. The predicted molar refractivity (Wildman–Crippen MR) is 120 cm³/mol. The number of nitrogens with one attached hydrogen (secondary N) is 3. The molecule has 4 rings (SSSR count). The third kappa shape index (κ3) is 6.32. The Labute approximate surface area is 188 Å². The number of anilines is 5. The highest BCUT2D eigenvalue weighted by molar-refractivity contribution is 5.85. The molecule has 0 aliphatic heterocycles. The van der Waals surface area contributed by atoms with Crippen LogP contribution in [0.15, 0.2) is 72.8 Å². The van der Waals surface area contributed by atoms with Crippen molar-refractivity contribution in [1.29, 1.82) is 0 Å². The Hall–Kier alpha value is -3.85. The van der Waals surface area contributed by atoms with Crippen molar-refractivity contribution in [3.63, 3.8) is 0 Å². The van der Waals surface area contributed by atoms with E-state index in [0.29, 0.717) is 17.9 Å². The van der Waals surface area contributed by atoms with Gasteiger partial charge in [-0.3, -0.25) is 0 Å². The van der Waals surface area contributed by atoms with Crippen LogP contribution in [0.25, 0.3) is 0 Å². The first-order chi connectivity index (χ1) is 15.0. The molecule has 0 radical (unpaired) electrons. The number of hydrogen-bond donors (Lipinski definition) is 3. The average Bonchev–Trinajstić information content (AvgIpc) is 2.77. The monoisotopic (exact) mass is 458 g/mol. The Bertz CT molecular complexity index is 1090. The molecule has 1 heterocycles. The highest BCUT2D eigenvalue weighted by atomic mass is 35.5. The van der Waals surface area contributed by atoms with Gasteiger partial charge in [-0.15, -0.1) is 12.4 Å². The van der Waals surface area contributed by atoms with Crippen LogP contribution in [-0.4, -0.2) is 15.0 Å². The van der Waals surface area contributed by atoms with Crippen molar-refractivity contribution in [1.82, 2.24) is 15.0 Å². The summed E-state index contributed by atoms with van der Waals surface area (Å²) in [6.07, 6.45) is 0. The fourth-order valence-electron chi connectivity index (χ4n) is 2.67. The molecule has 0 aliphatic carbocycles. The van der Waals surface area contributed by atoms with E-state index in [1.165, 1.54) is 36.4 Å². The highest BCUT2D eigenvalue weighted by Crippen LogP contribution is 2.19. The van der Waals surface area contributed by atoms with Gasteiger partial charge < -0.3 is 16.0 Å². The molecule has 4 aromatic rings. The summed E-state index contributed by atoms with van der Waals surface area (Å²) in [5, 5.41) is 9.05. The number of aromatic nitrogens is 3. The minimum Gasteiger partial charge on any atom is -0.350 e. The number of nitrogens with zero attached hydrogens (tertiary/aromatic N) is 3. The number of halogens is 4. The lowest BCUT2D eigenvalue weighted by molar-refractivity contribution is 0.627. The van der Waals surface area contributed by atoms with E-state index in [1.807, 2.05) is 0 Å². The summed E-state index contributed by atoms with van der Waals surface area (Å²) >= 11 is 0. The van der Waals surface area contributed by atoms with Crippen LogP contribution in [0.3, 0.4) is 0 Å². The molecule has 6 nitrogen and oxygen atoms in total. The highest BCUT2D eigenvalue weighted by Gasteiger charge is 2.08. The molecule has 0 saturated carbocycles. The molecule has 0 unspecified atom stereocenters. The summed E-state index contributed by atoms with van der Waals surface area (Å²) < 4.78 is 39.4. The molecule has 0 atom stereocenters. The van der Waals surface area contributed by atoms with Gasteiger partial charge in [0.15, 0.2) is 0 Å². The van der Waals surface area contributed by atoms with Crippen LogP contribution in [0.2, 0.25) is 0 Å². The Kier molecular flexibility index (Phi) is 7.45. The SMILES string of the molecule is Cl.Fc1ccc(CNc2nc(Nc3ccc(F)cc3)nc(Nc3ccc(F)cc3)n2)cc1. The zero-order valence-corrected chi connectivity index (χ0v) is 17.3. The fraction of sp³-hybridized carbons (Fsp3) is 0.0455. The molecule has 0 fully saturated rings. The van der Waals surface area contributed by atoms with Gasteiger partial charge in [0, 0.05) is 17.9 Å². The second-order valence-electron chi connectivity index (χ2n) is 6.55. The lowest BCUT2D eigenvalue weighted by Gasteiger charge is -2.11. The van der Waals surface area contributed by atoms with Crippen LogP contribution in [0.5, 0.6) is 0 Å². The van der Waals surface area contributed by atoms with Crippen molar-refractivity contribution in [3.8, 4) is 0 Å². The summed E-state index contributed by atoms with van der Waals surface area (Å²) in [6, 6.07) is 17.5. The number of rotatable bonds is 7. The smallest absolute Gasteiger partial charge is 0.233 e. The molecule has 3 N–H and O–H groups in total. The Balaban J connectivity index is 0.00000289. The maximum atomic E-state index is 13.2. The molecule has 164 valence electrons. The van der Waals surface area contributed by atoms with E-state index in [1.54, 1.807) is 36.4 Å². The molecular weight excluding hydrogens is 441 g/mol. The van der Waals surface area contributed by atoms with Crippen LogP contribution < -0.4 is 16.0 Å². The van der Waals surface area contributed by atoms with E-state index >= 15 is 0 Å². The van der Waals surface area contributed by atoms with Gasteiger partial charge in [0.2, 0.25) is 17.8 Å². The Morgan fingerprint density at radius 2 is 0.906 bits per heavy atom. The minimum absolute atomic E-state index is 0. The van der Waals surface area contributed by atoms with E-state index in [9.17, 15) is 13.2 Å². The first-order valence-corrected chi connectivity index (χ1v) is 9.33. The molecular formula is C22H18ClF3N6. The van der Waals surface area contributed by atoms with Crippen molar-refractivity contribution in [2.75, 3.05) is 16.0 Å². The van der Waals surface area contributed by atoms with E-state index < -0.39 is 0 Å². The van der Waals surface area contributed by atoms with Gasteiger partial charge in [-0.1, -0.05) is 12.1 Å². The minimum atomic E-state index is -0.360. The summed E-state index contributed by atoms with van der Waals surface area (Å²) in [6.45, 7) is 0.357. The first kappa shape index (κ1) is 22.8. The molecule has 10 heteroatoms. The zero-order chi connectivity index (χ0) is 21.6. The molecule has 3 aromatic carbocycles. The van der Waals surface area contributed by atoms with Crippen molar-refractivity contribution >= 4 is 41.6 Å². The van der Waals surface area contributed by atoms with E-state index in [-0.39, 0.29) is 47.7 Å². The van der Waals surface area contributed by atoms with Gasteiger partial charge in [-0.25, -0.2) is 13.2 Å². The molecule has 0 spiro atoms. The Morgan fingerprint density at radius 1 is 0.531 bits per heavy atom. The Morgan fingerprint density at radius 3 is 1.34 bits per heavy atom. The molecule has 1 aromatic heterocycles. The second kappa shape index (κ2) is 10.5. The lowest BCUT2D eigenvalue weighted by Crippen LogP contribution is -2.09. The summed E-state index contributed by atoms with van der Waals surface area (Å²) in [7, 11) is 0. The van der Waals surface area contributed by atoms with Gasteiger partial charge in [0.05, 0.1) is 0 Å². The van der Waals surface area contributed by atoms with Crippen molar-refractivity contribution in [3.05, 3.63) is 95.8 Å². The van der Waals surface area contributed by atoms with Gasteiger partial charge in [0.25, 0.3) is 0 Å². The van der Waals surface area contributed by atoms with Crippen molar-refractivity contribution in [2.24, 2.45) is 0 Å². The zero-order valence-electron chi connectivity index (χ0n) is 16.5. The standard InChI is InChI=1S/C22H17F3N6.ClH/c23-15-3-1-14(2-4-15)13-26-20-29-21(27-18-9-5-16(24)6-10-18)31-22(30-20)28-19-11-7-17(25)8-12-19;/h1-12H,13H2,(H3,26,27,28,29,30,31);1H. The van der Waals surface area contributed by atoms with Gasteiger partial charge in [-0.05, 0) is 66.2 Å². The molecule has 0 amide bonds. The maximum absolute atomic E-state index is 13.2. The van der Waals surface area contributed by atoms with Crippen LogP contribution >= 0.6 is 12.4 Å². The van der Waals surface area contributed by atoms with Crippen LogP contribution in [0.4, 0.5) is 42.4 Å². The van der Waals surface area contributed by atoms with Crippen LogP contribution in [-0.2, 0) is 6.54 Å². The second-order valence-corrected chi connectivity index (χ2v) is 6.55. The average molecular weight is 459 g/mol. The molecule has 0 bridgehead atoms. The maximum Gasteiger partial charge on any atom is 0.233 e. The third-order valence-electron chi connectivity index (χ3n) is 4.20. The van der Waals surface area contributed by atoms with Crippen LogP contribution in [0.1, 0.15) is 5.56 Å². The molecule has 0 aliphatic rings.